The molecule has 0 spiro atoms. The summed E-state index contributed by atoms with van der Waals surface area (Å²) in [5.74, 6) is 0. The van der Waals surface area contributed by atoms with E-state index in [-0.39, 0.29) is 12.1 Å². The number of carbonyl (C=O) groups is 1. The fourth-order valence-corrected chi connectivity index (χ4v) is 2.81. The van der Waals surface area contributed by atoms with Gasteiger partial charge in [-0.25, -0.2) is 4.79 Å². The summed E-state index contributed by atoms with van der Waals surface area (Å²) in [4.78, 5) is 14.2. The highest BCUT2D eigenvalue weighted by atomic mass is 16.6. The molecule has 1 saturated heterocycles. The van der Waals surface area contributed by atoms with Crippen molar-refractivity contribution in [2.24, 2.45) is 0 Å². The summed E-state index contributed by atoms with van der Waals surface area (Å²) in [5, 5.41) is 3.64. The van der Waals surface area contributed by atoms with Crippen molar-refractivity contribution in [1.82, 2.24) is 10.2 Å². The lowest BCUT2D eigenvalue weighted by atomic mass is 10.0. The Hall–Kier alpha value is -0.810. The van der Waals surface area contributed by atoms with Gasteiger partial charge in [-0.15, -0.1) is 0 Å². The third-order valence-electron chi connectivity index (χ3n) is 3.99. The SMILES string of the molecule is CCC(CC)NC(C)CC1COCCN1C(=O)OC(C)(C)C. The number of nitrogens with zero attached hydrogens (tertiary/aromatic N) is 1. The minimum Gasteiger partial charge on any atom is -0.444 e. The maximum Gasteiger partial charge on any atom is 0.410 e. The van der Waals surface area contributed by atoms with E-state index in [0.29, 0.717) is 31.8 Å². The Morgan fingerprint density at radius 3 is 2.55 bits per heavy atom. The van der Waals surface area contributed by atoms with Crippen LogP contribution in [0.3, 0.4) is 0 Å². The monoisotopic (exact) mass is 314 g/mol. The molecule has 2 atom stereocenters. The van der Waals surface area contributed by atoms with Gasteiger partial charge in [-0.3, -0.25) is 0 Å². The van der Waals surface area contributed by atoms with Crippen LogP contribution in [-0.2, 0) is 9.47 Å². The molecule has 0 aliphatic carbocycles. The summed E-state index contributed by atoms with van der Waals surface area (Å²) in [7, 11) is 0. The molecule has 22 heavy (non-hydrogen) atoms. The van der Waals surface area contributed by atoms with Gasteiger partial charge in [0, 0.05) is 18.6 Å². The fraction of sp³-hybridized carbons (Fsp3) is 0.941. The number of morpholine rings is 1. The molecule has 0 aromatic rings. The van der Waals surface area contributed by atoms with E-state index in [1.165, 1.54) is 0 Å². The van der Waals surface area contributed by atoms with E-state index in [1.807, 2.05) is 25.7 Å². The van der Waals surface area contributed by atoms with E-state index < -0.39 is 5.60 Å². The normalized spacial score (nSPS) is 21.0. The third-order valence-corrected chi connectivity index (χ3v) is 3.99. The number of amides is 1. The van der Waals surface area contributed by atoms with Crippen LogP contribution < -0.4 is 5.32 Å². The molecule has 1 N–H and O–H groups in total. The molecule has 0 saturated carbocycles. The van der Waals surface area contributed by atoms with Crippen molar-refractivity contribution in [3.63, 3.8) is 0 Å². The van der Waals surface area contributed by atoms with Crippen LogP contribution in [-0.4, -0.2) is 54.5 Å². The lowest BCUT2D eigenvalue weighted by Crippen LogP contribution is -2.52. The van der Waals surface area contributed by atoms with Crippen LogP contribution in [0.15, 0.2) is 0 Å². The largest absolute Gasteiger partial charge is 0.444 e. The molecule has 130 valence electrons. The summed E-state index contributed by atoms with van der Waals surface area (Å²) in [6.07, 6.45) is 2.90. The van der Waals surface area contributed by atoms with Crippen LogP contribution >= 0.6 is 0 Å². The fourth-order valence-electron chi connectivity index (χ4n) is 2.81. The smallest absolute Gasteiger partial charge is 0.410 e. The van der Waals surface area contributed by atoms with Gasteiger partial charge < -0.3 is 19.7 Å². The van der Waals surface area contributed by atoms with Gasteiger partial charge in [-0.2, -0.15) is 0 Å². The zero-order valence-electron chi connectivity index (χ0n) is 15.1. The van der Waals surface area contributed by atoms with Crippen molar-refractivity contribution < 1.29 is 14.3 Å². The van der Waals surface area contributed by atoms with Gasteiger partial charge in [-0.1, -0.05) is 13.8 Å². The van der Waals surface area contributed by atoms with Crippen LogP contribution in [0.4, 0.5) is 4.79 Å². The number of hydrogen-bond acceptors (Lipinski definition) is 4. The predicted molar refractivity (Wildman–Crippen MR) is 89.1 cm³/mol. The second-order valence-corrected chi connectivity index (χ2v) is 7.22. The third kappa shape index (κ3) is 6.53. The first-order valence-electron chi connectivity index (χ1n) is 8.60. The number of carbonyl (C=O) groups excluding carboxylic acids is 1. The summed E-state index contributed by atoms with van der Waals surface area (Å²) in [5.41, 5.74) is -0.459. The predicted octanol–water partition coefficient (Wildman–Crippen LogP) is 3.18. The van der Waals surface area contributed by atoms with Gasteiger partial charge in [0.1, 0.15) is 5.60 Å². The highest BCUT2D eigenvalue weighted by Crippen LogP contribution is 2.18. The Morgan fingerprint density at radius 2 is 2.00 bits per heavy atom. The maximum absolute atomic E-state index is 12.4. The van der Waals surface area contributed by atoms with Crippen molar-refractivity contribution >= 4 is 6.09 Å². The minimum atomic E-state index is -0.459. The van der Waals surface area contributed by atoms with Crippen molar-refractivity contribution in [2.75, 3.05) is 19.8 Å². The van der Waals surface area contributed by atoms with Gasteiger partial charge in [-0.05, 0) is 47.0 Å². The van der Waals surface area contributed by atoms with Gasteiger partial charge in [0.05, 0.1) is 19.3 Å². The maximum atomic E-state index is 12.4. The highest BCUT2D eigenvalue weighted by molar-refractivity contribution is 5.68. The van der Waals surface area contributed by atoms with Crippen LogP contribution in [0.2, 0.25) is 0 Å². The Bertz CT molecular complexity index is 337. The molecular weight excluding hydrogens is 280 g/mol. The van der Waals surface area contributed by atoms with Crippen molar-refractivity contribution in [2.45, 2.75) is 84.5 Å². The molecule has 5 heteroatoms. The average Bonchev–Trinajstić information content (AvgIpc) is 2.43. The molecule has 0 radical (unpaired) electrons. The molecule has 0 bridgehead atoms. The first-order chi connectivity index (χ1) is 10.3. The highest BCUT2D eigenvalue weighted by Gasteiger charge is 2.32. The van der Waals surface area contributed by atoms with Crippen LogP contribution in [0, 0.1) is 0 Å². The second kappa shape index (κ2) is 8.73. The Morgan fingerprint density at radius 1 is 1.36 bits per heavy atom. The van der Waals surface area contributed by atoms with E-state index in [0.717, 1.165) is 19.3 Å². The molecule has 1 fully saturated rings. The van der Waals surface area contributed by atoms with E-state index >= 15 is 0 Å². The van der Waals surface area contributed by atoms with Crippen LogP contribution in [0.25, 0.3) is 0 Å². The summed E-state index contributed by atoms with van der Waals surface area (Å²) < 4.78 is 11.1. The van der Waals surface area contributed by atoms with Gasteiger partial charge in [0.15, 0.2) is 0 Å². The van der Waals surface area contributed by atoms with Gasteiger partial charge in [0.2, 0.25) is 0 Å². The zero-order valence-corrected chi connectivity index (χ0v) is 15.1. The van der Waals surface area contributed by atoms with E-state index in [9.17, 15) is 4.79 Å². The average molecular weight is 314 g/mol. The summed E-state index contributed by atoms with van der Waals surface area (Å²) in [6, 6.07) is 0.969. The van der Waals surface area contributed by atoms with Crippen molar-refractivity contribution in [3.8, 4) is 0 Å². The number of nitrogens with one attached hydrogen (secondary N) is 1. The van der Waals surface area contributed by atoms with Crippen LogP contribution in [0.5, 0.6) is 0 Å². The molecule has 1 heterocycles. The Kier molecular flexibility index (Phi) is 7.63. The van der Waals surface area contributed by atoms with Crippen molar-refractivity contribution in [1.29, 1.82) is 0 Å². The van der Waals surface area contributed by atoms with Crippen LogP contribution in [0.1, 0.15) is 60.8 Å². The standard InChI is InChI=1S/C17H34N2O3/c1-7-14(8-2)18-13(3)11-15-12-21-10-9-19(15)16(20)22-17(4,5)6/h13-15,18H,7-12H2,1-6H3. The number of hydrogen-bond donors (Lipinski definition) is 1. The summed E-state index contributed by atoms with van der Waals surface area (Å²) in [6.45, 7) is 14.1. The lowest BCUT2D eigenvalue weighted by Gasteiger charge is -2.38. The summed E-state index contributed by atoms with van der Waals surface area (Å²) >= 11 is 0. The molecule has 2 unspecified atom stereocenters. The lowest BCUT2D eigenvalue weighted by molar-refractivity contribution is -0.0357. The van der Waals surface area contributed by atoms with Gasteiger partial charge >= 0.3 is 6.09 Å². The number of rotatable bonds is 6. The molecule has 1 rings (SSSR count). The number of ether oxygens (including phenoxy) is 2. The molecular formula is C17H34N2O3. The van der Waals surface area contributed by atoms with E-state index in [2.05, 4.69) is 26.1 Å². The molecule has 1 aliphatic heterocycles. The zero-order chi connectivity index (χ0) is 16.8. The molecule has 1 amide bonds. The Balaban J connectivity index is 2.59. The first-order valence-corrected chi connectivity index (χ1v) is 8.60. The quantitative estimate of drug-likeness (QED) is 0.818. The molecule has 1 aliphatic rings. The molecule has 0 aromatic heterocycles. The minimum absolute atomic E-state index is 0.0838. The second-order valence-electron chi connectivity index (χ2n) is 7.22. The van der Waals surface area contributed by atoms with E-state index in [4.69, 9.17) is 9.47 Å². The molecule has 5 nitrogen and oxygen atoms in total. The van der Waals surface area contributed by atoms with Gasteiger partial charge in [0.25, 0.3) is 0 Å². The first kappa shape index (κ1) is 19.2. The van der Waals surface area contributed by atoms with Crippen molar-refractivity contribution in [3.05, 3.63) is 0 Å². The van der Waals surface area contributed by atoms with E-state index in [1.54, 1.807) is 0 Å². The Labute approximate surface area is 135 Å². The molecule has 0 aromatic carbocycles. The topological polar surface area (TPSA) is 50.8 Å².